The molecule has 0 radical (unpaired) electrons. The van der Waals surface area contributed by atoms with Crippen LogP contribution >= 0.6 is 34.4 Å². The average molecular weight is 514 g/mol. The fraction of sp³-hybridized carbons (Fsp3) is 0.520. The zero-order valence-corrected chi connectivity index (χ0v) is 22.7. The van der Waals surface area contributed by atoms with Gasteiger partial charge in [0.2, 0.25) is 5.91 Å². The van der Waals surface area contributed by atoms with Crippen molar-refractivity contribution in [3.05, 3.63) is 31.8 Å². The molecule has 0 bridgehead atoms. The minimum Gasteiger partial charge on any atom is -0.316 e. The molecule has 34 heavy (non-hydrogen) atoms. The van der Waals surface area contributed by atoms with Crippen LogP contribution in [-0.4, -0.2) is 26.4 Å². The Balaban J connectivity index is 1.48. The Morgan fingerprint density at radius 3 is 2.88 bits per heavy atom. The number of aryl methyl sites for hydroxylation is 1. The van der Waals surface area contributed by atoms with Crippen LogP contribution in [0.25, 0.3) is 11.4 Å². The lowest BCUT2D eigenvalue weighted by atomic mass is 9.86. The van der Waals surface area contributed by atoms with Crippen molar-refractivity contribution in [1.82, 2.24) is 14.8 Å². The average Bonchev–Trinajstić information content (AvgIpc) is 3.51. The molecule has 3 aromatic heterocycles. The van der Waals surface area contributed by atoms with E-state index in [2.05, 4.69) is 59.2 Å². The molecule has 0 aliphatic heterocycles. The van der Waals surface area contributed by atoms with Gasteiger partial charge in [-0.2, -0.15) is 5.26 Å². The molecule has 0 aromatic carbocycles. The number of thiophene rings is 2. The molecule has 0 fully saturated rings. The van der Waals surface area contributed by atoms with E-state index in [-0.39, 0.29) is 11.7 Å². The van der Waals surface area contributed by atoms with Gasteiger partial charge in [-0.1, -0.05) is 39.0 Å². The van der Waals surface area contributed by atoms with Crippen molar-refractivity contribution >= 4 is 45.3 Å². The highest BCUT2D eigenvalue weighted by Crippen LogP contribution is 2.40. The van der Waals surface area contributed by atoms with Crippen LogP contribution in [0.4, 0.5) is 5.00 Å². The van der Waals surface area contributed by atoms with E-state index >= 15 is 0 Å². The van der Waals surface area contributed by atoms with E-state index in [0.29, 0.717) is 16.5 Å². The molecule has 1 unspecified atom stereocenters. The lowest BCUT2D eigenvalue weighted by Gasteiger charge is -2.20. The maximum absolute atomic E-state index is 12.8. The fourth-order valence-electron chi connectivity index (χ4n) is 4.63. The molecule has 0 spiro atoms. The second-order valence-corrected chi connectivity index (χ2v) is 11.8. The number of carbonyl (C=O) groups excluding carboxylic acids is 1. The van der Waals surface area contributed by atoms with Crippen LogP contribution in [0.3, 0.4) is 0 Å². The first-order valence-electron chi connectivity index (χ1n) is 12.0. The Kier molecular flexibility index (Phi) is 8.12. The third-order valence-electron chi connectivity index (χ3n) is 6.50. The number of anilines is 1. The fourth-order valence-corrected chi connectivity index (χ4v) is 7.66. The highest BCUT2D eigenvalue weighted by molar-refractivity contribution is 7.99. The highest BCUT2D eigenvalue weighted by Gasteiger charge is 2.26. The van der Waals surface area contributed by atoms with E-state index in [1.54, 1.807) is 22.7 Å². The molecule has 1 amide bonds. The standard InChI is InChI=1S/C25H31N5OS3/c1-5-10-30-23(20-13-32-15(4)17(20)7-3)28-29-25(30)33-14-22(31)27-24-19(12-26)18-9-8-16(6-2)11-21(18)34-24/h13,16H,5-11,14H2,1-4H3,(H,27,31). The summed E-state index contributed by atoms with van der Waals surface area (Å²) in [5, 5.41) is 25.3. The minimum atomic E-state index is -0.111. The van der Waals surface area contributed by atoms with Gasteiger partial charge in [-0.15, -0.1) is 32.9 Å². The summed E-state index contributed by atoms with van der Waals surface area (Å²) in [6.07, 6.45) is 6.14. The number of fused-ring (bicyclic) bond motifs is 1. The normalized spacial score (nSPS) is 15.2. The monoisotopic (exact) mass is 513 g/mol. The Labute approximate surface area is 213 Å². The van der Waals surface area contributed by atoms with E-state index in [4.69, 9.17) is 0 Å². The molecule has 4 rings (SSSR count). The van der Waals surface area contributed by atoms with E-state index in [0.717, 1.165) is 67.2 Å². The molecule has 0 saturated carbocycles. The van der Waals surface area contributed by atoms with Crippen LogP contribution in [0.1, 0.15) is 66.5 Å². The maximum atomic E-state index is 12.8. The maximum Gasteiger partial charge on any atom is 0.235 e. The topological polar surface area (TPSA) is 83.6 Å². The molecule has 1 aliphatic rings. The van der Waals surface area contributed by atoms with Gasteiger partial charge in [0.15, 0.2) is 11.0 Å². The predicted molar refractivity (Wildman–Crippen MR) is 142 cm³/mol. The first kappa shape index (κ1) is 25.0. The van der Waals surface area contributed by atoms with Crippen molar-refractivity contribution in [1.29, 1.82) is 5.26 Å². The first-order chi connectivity index (χ1) is 16.5. The molecule has 0 saturated heterocycles. The van der Waals surface area contributed by atoms with Crippen molar-refractivity contribution in [3.8, 4) is 17.5 Å². The van der Waals surface area contributed by atoms with Crippen LogP contribution in [0.2, 0.25) is 0 Å². The van der Waals surface area contributed by atoms with E-state index in [1.807, 2.05) is 0 Å². The summed E-state index contributed by atoms with van der Waals surface area (Å²) in [5.41, 5.74) is 4.27. The number of nitriles is 1. The number of aromatic nitrogens is 3. The number of hydrogen-bond acceptors (Lipinski definition) is 7. The number of amides is 1. The van der Waals surface area contributed by atoms with Crippen LogP contribution in [0.15, 0.2) is 10.5 Å². The quantitative estimate of drug-likeness (QED) is 0.332. The van der Waals surface area contributed by atoms with E-state index in [9.17, 15) is 10.1 Å². The van der Waals surface area contributed by atoms with Gasteiger partial charge in [-0.25, -0.2) is 0 Å². The van der Waals surface area contributed by atoms with Crippen LogP contribution in [0, 0.1) is 24.2 Å². The summed E-state index contributed by atoms with van der Waals surface area (Å²) in [6.45, 7) is 9.47. The number of hydrogen-bond donors (Lipinski definition) is 1. The number of thioether (sulfide) groups is 1. The number of nitrogens with one attached hydrogen (secondary N) is 1. The number of nitrogens with zero attached hydrogens (tertiary/aromatic N) is 4. The number of rotatable bonds is 9. The van der Waals surface area contributed by atoms with Crippen molar-refractivity contribution in [2.45, 2.75) is 77.9 Å². The molecule has 1 N–H and O–H groups in total. The summed E-state index contributed by atoms with van der Waals surface area (Å²) in [6, 6.07) is 2.34. The van der Waals surface area contributed by atoms with Crippen LogP contribution in [0.5, 0.6) is 0 Å². The molecule has 1 atom stereocenters. The lowest BCUT2D eigenvalue weighted by Crippen LogP contribution is -2.15. The van der Waals surface area contributed by atoms with Gasteiger partial charge in [0.05, 0.1) is 11.3 Å². The molecule has 3 heterocycles. The Morgan fingerprint density at radius 1 is 1.35 bits per heavy atom. The Bertz CT molecular complexity index is 1220. The van der Waals surface area contributed by atoms with E-state index in [1.165, 1.54) is 27.1 Å². The molecular formula is C25H31N5OS3. The van der Waals surface area contributed by atoms with Crippen LogP contribution in [-0.2, 0) is 30.6 Å². The zero-order valence-electron chi connectivity index (χ0n) is 20.2. The third kappa shape index (κ3) is 4.95. The largest absolute Gasteiger partial charge is 0.316 e. The molecule has 9 heteroatoms. The van der Waals surface area contributed by atoms with Crippen molar-refractivity contribution in [3.63, 3.8) is 0 Å². The zero-order chi connectivity index (χ0) is 24.2. The first-order valence-corrected chi connectivity index (χ1v) is 14.7. The second-order valence-electron chi connectivity index (χ2n) is 8.67. The van der Waals surface area contributed by atoms with Gasteiger partial charge < -0.3 is 9.88 Å². The molecule has 180 valence electrons. The third-order valence-corrected chi connectivity index (χ3v) is 9.59. The Hall–Kier alpha value is -2.15. The van der Waals surface area contributed by atoms with Crippen molar-refractivity contribution in [2.75, 3.05) is 11.1 Å². The molecular weight excluding hydrogens is 483 g/mol. The minimum absolute atomic E-state index is 0.111. The smallest absolute Gasteiger partial charge is 0.235 e. The predicted octanol–water partition coefficient (Wildman–Crippen LogP) is 6.47. The summed E-state index contributed by atoms with van der Waals surface area (Å²) >= 11 is 4.73. The summed E-state index contributed by atoms with van der Waals surface area (Å²) in [4.78, 5) is 15.4. The van der Waals surface area contributed by atoms with Crippen LogP contribution < -0.4 is 5.32 Å². The lowest BCUT2D eigenvalue weighted by molar-refractivity contribution is -0.113. The van der Waals surface area contributed by atoms with Gasteiger partial charge in [0, 0.05) is 27.2 Å². The van der Waals surface area contributed by atoms with Gasteiger partial charge in [0.25, 0.3) is 0 Å². The summed E-state index contributed by atoms with van der Waals surface area (Å²) < 4.78 is 2.13. The second kappa shape index (κ2) is 11.1. The van der Waals surface area contributed by atoms with Crippen molar-refractivity contribution < 1.29 is 4.79 Å². The molecule has 6 nitrogen and oxygen atoms in total. The molecule has 1 aliphatic carbocycles. The Morgan fingerprint density at radius 2 is 2.18 bits per heavy atom. The van der Waals surface area contributed by atoms with Gasteiger partial charge in [0.1, 0.15) is 11.1 Å². The van der Waals surface area contributed by atoms with Gasteiger partial charge in [-0.05, 0) is 56.1 Å². The summed E-state index contributed by atoms with van der Waals surface area (Å²) in [5.74, 6) is 1.68. The van der Waals surface area contributed by atoms with Gasteiger partial charge >= 0.3 is 0 Å². The van der Waals surface area contributed by atoms with E-state index < -0.39 is 0 Å². The SMILES string of the molecule is CCCn1c(SCC(=O)Nc2sc3c(c2C#N)CCC(CC)C3)nnc1-c1csc(C)c1CC. The number of carbonyl (C=O) groups is 1. The highest BCUT2D eigenvalue weighted by atomic mass is 32.2. The van der Waals surface area contributed by atoms with Gasteiger partial charge in [-0.3, -0.25) is 4.79 Å². The van der Waals surface area contributed by atoms with Crippen molar-refractivity contribution in [2.24, 2.45) is 5.92 Å². The summed E-state index contributed by atoms with van der Waals surface area (Å²) in [7, 11) is 0. The molecule has 3 aromatic rings.